The molecule has 0 saturated carbocycles. The van der Waals surface area contributed by atoms with Gasteiger partial charge < -0.3 is 20.1 Å². The summed E-state index contributed by atoms with van der Waals surface area (Å²) in [4.78, 5) is 0. The molecule has 0 saturated heterocycles. The second-order valence-electron chi connectivity index (χ2n) is 6.98. The van der Waals surface area contributed by atoms with Crippen molar-refractivity contribution in [3.63, 3.8) is 0 Å². The number of phenols is 2. The Balaban J connectivity index is 1.91. The van der Waals surface area contributed by atoms with E-state index in [1.807, 2.05) is 42.5 Å². The lowest BCUT2D eigenvalue weighted by Crippen LogP contribution is -2.07. The summed E-state index contributed by atoms with van der Waals surface area (Å²) < 4.78 is 6.16. The zero-order valence-electron chi connectivity index (χ0n) is 15.0. The maximum absolute atomic E-state index is 10.1. The molecule has 1 aliphatic heterocycles. The van der Waals surface area contributed by atoms with Crippen LogP contribution in [0.5, 0.6) is 17.2 Å². The van der Waals surface area contributed by atoms with Crippen LogP contribution in [0.4, 0.5) is 0 Å². The molecular weight excluding hydrogens is 352 g/mol. The van der Waals surface area contributed by atoms with Crippen LogP contribution in [-0.4, -0.2) is 15.3 Å². The molecule has 4 nitrogen and oxygen atoms in total. The molecule has 4 aromatic carbocycles. The standard InChI is InChI=1S/C24H18O4/c25-12-15-3-1-2-4-20(15)23-21-11-18(27)6-5-14(21)10-22-19-8-7-17(26)9-16(19)13-28-24(22)23/h1-11,25-27H,12-13H2. The van der Waals surface area contributed by atoms with Crippen LogP contribution in [0.25, 0.3) is 33.0 Å². The fraction of sp³-hybridized carbons (Fsp3) is 0.0833. The van der Waals surface area contributed by atoms with E-state index in [1.54, 1.807) is 24.3 Å². The number of ether oxygens (including phenoxy) is 1. The highest BCUT2D eigenvalue weighted by molar-refractivity contribution is 6.06. The molecule has 0 atom stereocenters. The summed E-state index contributed by atoms with van der Waals surface area (Å²) in [5.74, 6) is 1.11. The maximum Gasteiger partial charge on any atom is 0.136 e. The summed E-state index contributed by atoms with van der Waals surface area (Å²) in [6.45, 7) is 0.250. The van der Waals surface area contributed by atoms with Crippen LogP contribution in [0.3, 0.4) is 0 Å². The van der Waals surface area contributed by atoms with Gasteiger partial charge in [-0.1, -0.05) is 36.4 Å². The number of aliphatic hydroxyl groups is 1. The molecule has 0 unspecified atom stereocenters. The third kappa shape index (κ3) is 2.50. The quantitative estimate of drug-likeness (QED) is 0.466. The van der Waals surface area contributed by atoms with Gasteiger partial charge in [0.15, 0.2) is 0 Å². The van der Waals surface area contributed by atoms with E-state index >= 15 is 0 Å². The summed E-state index contributed by atoms with van der Waals surface area (Å²) in [6, 6.07) is 20.3. The number of aromatic hydroxyl groups is 2. The predicted octanol–water partition coefficient (Wildman–Crippen LogP) is 4.97. The van der Waals surface area contributed by atoms with E-state index in [4.69, 9.17) is 4.74 Å². The van der Waals surface area contributed by atoms with Crippen LogP contribution in [0.15, 0.2) is 66.7 Å². The molecule has 138 valence electrons. The van der Waals surface area contributed by atoms with E-state index in [-0.39, 0.29) is 18.1 Å². The summed E-state index contributed by atoms with van der Waals surface area (Å²) in [5, 5.41) is 31.6. The first-order valence-electron chi connectivity index (χ1n) is 9.09. The Hall–Kier alpha value is -3.50. The Morgan fingerprint density at radius 1 is 0.786 bits per heavy atom. The molecule has 4 aromatic rings. The number of fused-ring (bicyclic) bond motifs is 4. The average Bonchev–Trinajstić information content (AvgIpc) is 2.72. The van der Waals surface area contributed by atoms with Gasteiger partial charge in [-0.15, -0.1) is 0 Å². The Labute approximate surface area is 161 Å². The number of aliphatic hydroxyl groups excluding tert-OH is 1. The first-order valence-corrected chi connectivity index (χ1v) is 9.09. The third-order valence-corrected chi connectivity index (χ3v) is 5.29. The third-order valence-electron chi connectivity index (χ3n) is 5.29. The first-order chi connectivity index (χ1) is 13.7. The van der Waals surface area contributed by atoms with Crippen molar-refractivity contribution in [1.29, 1.82) is 0 Å². The van der Waals surface area contributed by atoms with E-state index in [0.717, 1.165) is 49.9 Å². The highest BCUT2D eigenvalue weighted by atomic mass is 16.5. The zero-order chi connectivity index (χ0) is 19.3. The summed E-state index contributed by atoms with van der Waals surface area (Å²) in [5.41, 5.74) is 5.39. The zero-order valence-corrected chi connectivity index (χ0v) is 15.0. The molecular formula is C24H18O4. The van der Waals surface area contributed by atoms with Crippen LogP contribution in [0.2, 0.25) is 0 Å². The van der Waals surface area contributed by atoms with Crippen LogP contribution in [-0.2, 0) is 13.2 Å². The minimum Gasteiger partial charge on any atom is -0.508 e. The monoisotopic (exact) mass is 370 g/mol. The van der Waals surface area contributed by atoms with Gasteiger partial charge in [0.05, 0.1) is 6.61 Å². The second-order valence-corrected chi connectivity index (χ2v) is 6.98. The Morgan fingerprint density at radius 2 is 1.57 bits per heavy atom. The SMILES string of the molecule is OCc1ccccc1-c1c2c(cc3ccc(O)cc13)-c1ccc(O)cc1CO2. The molecule has 1 heterocycles. The van der Waals surface area contributed by atoms with Crippen LogP contribution >= 0.6 is 0 Å². The van der Waals surface area contributed by atoms with E-state index in [2.05, 4.69) is 0 Å². The molecule has 0 amide bonds. The van der Waals surface area contributed by atoms with Crippen molar-refractivity contribution in [3.05, 3.63) is 77.9 Å². The molecule has 1 aliphatic rings. The van der Waals surface area contributed by atoms with Crippen molar-refractivity contribution in [2.45, 2.75) is 13.2 Å². The lowest BCUT2D eigenvalue weighted by Gasteiger charge is -2.26. The number of hydrogen-bond donors (Lipinski definition) is 3. The van der Waals surface area contributed by atoms with Crippen LogP contribution in [0, 0.1) is 0 Å². The molecule has 3 N–H and O–H groups in total. The fourth-order valence-corrected chi connectivity index (χ4v) is 4.00. The number of phenolic OH excluding ortho intramolecular Hbond substituents is 2. The molecule has 0 spiro atoms. The largest absolute Gasteiger partial charge is 0.508 e. The summed E-state index contributed by atoms with van der Waals surface area (Å²) >= 11 is 0. The molecule has 0 radical (unpaired) electrons. The van der Waals surface area contributed by atoms with E-state index in [0.29, 0.717) is 6.61 Å². The van der Waals surface area contributed by atoms with E-state index in [1.165, 1.54) is 0 Å². The van der Waals surface area contributed by atoms with Gasteiger partial charge in [0.25, 0.3) is 0 Å². The Kier molecular flexibility index (Phi) is 3.74. The molecule has 0 aromatic heterocycles. The van der Waals surface area contributed by atoms with Crippen molar-refractivity contribution < 1.29 is 20.1 Å². The molecule has 0 bridgehead atoms. The van der Waals surface area contributed by atoms with E-state index in [9.17, 15) is 15.3 Å². The molecule has 28 heavy (non-hydrogen) atoms. The number of benzene rings is 4. The lowest BCUT2D eigenvalue weighted by atomic mass is 9.87. The molecule has 5 rings (SSSR count). The van der Waals surface area contributed by atoms with Crippen LogP contribution in [0.1, 0.15) is 11.1 Å². The maximum atomic E-state index is 10.1. The topological polar surface area (TPSA) is 69.9 Å². The first kappa shape index (κ1) is 16.7. The number of hydrogen-bond acceptors (Lipinski definition) is 4. The van der Waals surface area contributed by atoms with Gasteiger partial charge in [0.1, 0.15) is 23.9 Å². The van der Waals surface area contributed by atoms with Crippen molar-refractivity contribution in [2.75, 3.05) is 0 Å². The van der Waals surface area contributed by atoms with Gasteiger partial charge in [-0.2, -0.15) is 0 Å². The fourth-order valence-electron chi connectivity index (χ4n) is 4.00. The van der Waals surface area contributed by atoms with Gasteiger partial charge in [-0.25, -0.2) is 0 Å². The Morgan fingerprint density at radius 3 is 2.43 bits per heavy atom. The summed E-state index contributed by atoms with van der Waals surface area (Å²) in [7, 11) is 0. The smallest absolute Gasteiger partial charge is 0.136 e. The molecule has 4 heteroatoms. The normalized spacial score (nSPS) is 12.3. The minimum atomic E-state index is -0.0926. The van der Waals surface area contributed by atoms with Gasteiger partial charge in [0, 0.05) is 16.7 Å². The minimum absolute atomic E-state index is 0.0926. The lowest BCUT2D eigenvalue weighted by molar-refractivity contribution is 0.282. The van der Waals surface area contributed by atoms with Crippen molar-refractivity contribution in [1.82, 2.24) is 0 Å². The Bertz CT molecular complexity index is 1230. The number of rotatable bonds is 2. The van der Waals surface area contributed by atoms with Gasteiger partial charge in [-0.05, 0) is 57.8 Å². The van der Waals surface area contributed by atoms with Gasteiger partial charge in [-0.3, -0.25) is 0 Å². The average molecular weight is 370 g/mol. The second kappa shape index (κ2) is 6.29. The predicted molar refractivity (Wildman–Crippen MR) is 108 cm³/mol. The van der Waals surface area contributed by atoms with Crippen molar-refractivity contribution >= 4 is 10.8 Å². The summed E-state index contributed by atoms with van der Waals surface area (Å²) in [6.07, 6.45) is 0. The van der Waals surface area contributed by atoms with Crippen LogP contribution < -0.4 is 4.74 Å². The van der Waals surface area contributed by atoms with Crippen molar-refractivity contribution in [3.8, 4) is 39.5 Å². The van der Waals surface area contributed by atoms with Crippen molar-refractivity contribution in [2.24, 2.45) is 0 Å². The van der Waals surface area contributed by atoms with Gasteiger partial charge >= 0.3 is 0 Å². The molecule has 0 fully saturated rings. The van der Waals surface area contributed by atoms with E-state index < -0.39 is 0 Å². The van der Waals surface area contributed by atoms with Gasteiger partial charge in [0.2, 0.25) is 0 Å². The molecule has 0 aliphatic carbocycles. The highest BCUT2D eigenvalue weighted by Gasteiger charge is 2.25. The highest BCUT2D eigenvalue weighted by Crippen LogP contribution is 2.49.